The van der Waals surface area contributed by atoms with Crippen molar-refractivity contribution < 1.29 is 4.79 Å². The summed E-state index contributed by atoms with van der Waals surface area (Å²) in [6.07, 6.45) is 8.63. The van der Waals surface area contributed by atoms with Crippen molar-refractivity contribution in [2.45, 2.75) is 52.1 Å². The van der Waals surface area contributed by atoms with Crippen molar-refractivity contribution in [2.24, 2.45) is 23.7 Å². The first-order chi connectivity index (χ1) is 9.63. The van der Waals surface area contributed by atoms with Crippen LogP contribution < -0.4 is 5.32 Å². The lowest BCUT2D eigenvalue weighted by molar-refractivity contribution is -0.126. The van der Waals surface area contributed by atoms with E-state index in [0.717, 1.165) is 11.8 Å². The predicted octanol–water partition coefficient (Wildman–Crippen LogP) is 1.86. The van der Waals surface area contributed by atoms with E-state index in [1.54, 1.807) is 11.0 Å². The number of amides is 1. The third kappa shape index (κ3) is 2.72. The molecule has 5 unspecified atom stereocenters. The van der Waals surface area contributed by atoms with Crippen molar-refractivity contribution in [3.8, 4) is 0 Å². The van der Waals surface area contributed by atoms with Gasteiger partial charge in [-0.05, 0) is 43.9 Å². The van der Waals surface area contributed by atoms with E-state index < -0.39 is 0 Å². The van der Waals surface area contributed by atoms with Crippen molar-refractivity contribution in [1.29, 1.82) is 0 Å². The third-order valence-electron chi connectivity index (χ3n) is 5.18. The van der Waals surface area contributed by atoms with Gasteiger partial charge in [-0.3, -0.25) is 9.48 Å². The lowest BCUT2D eigenvalue weighted by Gasteiger charge is -2.29. The topological polar surface area (TPSA) is 59.8 Å². The molecule has 0 aliphatic heterocycles. The van der Waals surface area contributed by atoms with Crippen LogP contribution >= 0.6 is 0 Å². The van der Waals surface area contributed by atoms with Crippen LogP contribution in [-0.2, 0) is 11.3 Å². The zero-order valence-corrected chi connectivity index (χ0v) is 12.3. The van der Waals surface area contributed by atoms with Crippen molar-refractivity contribution in [3.05, 3.63) is 12.7 Å². The second kappa shape index (κ2) is 5.54. The minimum atomic E-state index is -0.0715. The largest absolute Gasteiger partial charge is 0.353 e. The molecule has 3 rings (SSSR count). The molecule has 1 amide bonds. The number of hydrogen-bond acceptors (Lipinski definition) is 3. The van der Waals surface area contributed by atoms with Crippen LogP contribution in [0.5, 0.6) is 0 Å². The van der Waals surface area contributed by atoms with Crippen molar-refractivity contribution in [2.75, 3.05) is 0 Å². The standard InChI is InChI=1S/C15H24N4O/c1-10(7-19-9-16-8-17-19)15(20)18-11(2)14-6-12-3-4-13(14)5-12/h8-14H,3-7H2,1-2H3,(H,18,20). The number of carbonyl (C=O) groups is 1. The van der Waals surface area contributed by atoms with Crippen molar-refractivity contribution >= 4 is 5.91 Å². The van der Waals surface area contributed by atoms with Crippen LogP contribution in [0.4, 0.5) is 0 Å². The second-order valence-electron chi connectivity index (χ2n) is 6.65. The van der Waals surface area contributed by atoms with E-state index in [4.69, 9.17) is 0 Å². The Hall–Kier alpha value is -1.39. The van der Waals surface area contributed by atoms with Gasteiger partial charge in [0.25, 0.3) is 0 Å². The summed E-state index contributed by atoms with van der Waals surface area (Å²) in [4.78, 5) is 16.2. The number of aromatic nitrogens is 3. The molecule has 5 nitrogen and oxygen atoms in total. The number of nitrogens with zero attached hydrogens (tertiary/aromatic N) is 3. The molecule has 0 aromatic carbocycles. The first-order valence-corrected chi connectivity index (χ1v) is 7.76. The van der Waals surface area contributed by atoms with Gasteiger partial charge < -0.3 is 5.32 Å². The summed E-state index contributed by atoms with van der Waals surface area (Å²) in [6.45, 7) is 4.71. The Kier molecular flexibility index (Phi) is 3.76. The molecular formula is C15H24N4O. The van der Waals surface area contributed by atoms with Gasteiger partial charge >= 0.3 is 0 Å². The van der Waals surface area contributed by atoms with Crippen LogP contribution in [0.1, 0.15) is 39.5 Å². The van der Waals surface area contributed by atoms with Crippen molar-refractivity contribution in [3.63, 3.8) is 0 Å². The van der Waals surface area contributed by atoms with E-state index in [1.165, 1.54) is 32.0 Å². The fraction of sp³-hybridized carbons (Fsp3) is 0.800. The molecule has 5 heteroatoms. The number of carbonyl (C=O) groups excluding carboxylic acids is 1. The van der Waals surface area contributed by atoms with E-state index in [1.807, 2.05) is 6.92 Å². The number of hydrogen-bond donors (Lipinski definition) is 1. The zero-order chi connectivity index (χ0) is 14.1. The third-order valence-corrected chi connectivity index (χ3v) is 5.18. The molecule has 0 radical (unpaired) electrons. The van der Waals surface area contributed by atoms with E-state index in [9.17, 15) is 4.79 Å². The molecule has 2 aliphatic carbocycles. The molecule has 1 heterocycles. The van der Waals surface area contributed by atoms with E-state index in [2.05, 4.69) is 22.3 Å². The molecule has 0 spiro atoms. The summed E-state index contributed by atoms with van der Waals surface area (Å²) >= 11 is 0. The van der Waals surface area contributed by atoms with Gasteiger partial charge in [-0.25, -0.2) is 4.98 Å². The van der Waals surface area contributed by atoms with Crippen LogP contribution in [0.2, 0.25) is 0 Å². The van der Waals surface area contributed by atoms with E-state index in [-0.39, 0.29) is 11.8 Å². The molecule has 1 aromatic heterocycles. The SMILES string of the molecule is CC(Cn1cncn1)C(=O)NC(C)C1CC2CCC1C2. The highest BCUT2D eigenvalue weighted by Gasteiger charge is 2.42. The predicted molar refractivity (Wildman–Crippen MR) is 75.7 cm³/mol. The normalized spacial score (nSPS) is 31.2. The number of rotatable bonds is 5. The van der Waals surface area contributed by atoms with Gasteiger partial charge in [-0.1, -0.05) is 13.3 Å². The lowest BCUT2D eigenvalue weighted by atomic mass is 9.84. The molecule has 0 saturated heterocycles. The van der Waals surface area contributed by atoms with Gasteiger partial charge in [0.1, 0.15) is 12.7 Å². The highest BCUT2D eigenvalue weighted by Crippen LogP contribution is 2.49. The quantitative estimate of drug-likeness (QED) is 0.893. The van der Waals surface area contributed by atoms with E-state index >= 15 is 0 Å². The molecule has 2 aliphatic rings. The highest BCUT2D eigenvalue weighted by atomic mass is 16.1. The molecule has 2 fully saturated rings. The molecule has 5 atom stereocenters. The Labute approximate surface area is 120 Å². The summed E-state index contributed by atoms with van der Waals surface area (Å²) in [5.74, 6) is 2.53. The Balaban J connectivity index is 1.50. The maximum Gasteiger partial charge on any atom is 0.224 e. The Morgan fingerprint density at radius 3 is 2.85 bits per heavy atom. The molecule has 110 valence electrons. The summed E-state index contributed by atoms with van der Waals surface area (Å²) in [5, 5.41) is 7.27. The average molecular weight is 276 g/mol. The van der Waals surface area contributed by atoms with Gasteiger partial charge in [0.15, 0.2) is 0 Å². The molecule has 1 aromatic rings. The van der Waals surface area contributed by atoms with Crippen molar-refractivity contribution in [1.82, 2.24) is 20.1 Å². The van der Waals surface area contributed by atoms with Crippen LogP contribution in [0, 0.1) is 23.7 Å². The molecule has 2 bridgehead atoms. The van der Waals surface area contributed by atoms with Gasteiger partial charge in [0.2, 0.25) is 5.91 Å². The fourth-order valence-electron chi connectivity index (χ4n) is 4.07. The zero-order valence-electron chi connectivity index (χ0n) is 12.3. The first-order valence-electron chi connectivity index (χ1n) is 7.76. The van der Waals surface area contributed by atoms with Crippen LogP contribution in [0.15, 0.2) is 12.7 Å². The maximum absolute atomic E-state index is 12.3. The molecular weight excluding hydrogens is 252 g/mol. The summed E-state index contributed by atoms with van der Waals surface area (Å²) < 4.78 is 1.71. The molecule has 1 N–H and O–H groups in total. The van der Waals surface area contributed by atoms with Gasteiger partial charge in [0, 0.05) is 6.04 Å². The second-order valence-corrected chi connectivity index (χ2v) is 6.65. The summed E-state index contributed by atoms with van der Waals surface area (Å²) in [7, 11) is 0. The number of nitrogens with one attached hydrogen (secondary N) is 1. The van der Waals surface area contributed by atoms with Crippen LogP contribution in [-0.4, -0.2) is 26.7 Å². The van der Waals surface area contributed by atoms with Gasteiger partial charge in [-0.15, -0.1) is 0 Å². The average Bonchev–Trinajstić information content (AvgIpc) is 3.15. The van der Waals surface area contributed by atoms with Gasteiger partial charge in [0.05, 0.1) is 12.5 Å². The molecule has 2 saturated carbocycles. The highest BCUT2D eigenvalue weighted by molar-refractivity contribution is 5.78. The van der Waals surface area contributed by atoms with E-state index in [0.29, 0.717) is 18.5 Å². The van der Waals surface area contributed by atoms with Gasteiger partial charge in [-0.2, -0.15) is 5.10 Å². The summed E-state index contributed by atoms with van der Waals surface area (Å²) in [6, 6.07) is 0.302. The fourth-order valence-corrected chi connectivity index (χ4v) is 4.07. The minimum absolute atomic E-state index is 0.0715. The minimum Gasteiger partial charge on any atom is -0.353 e. The monoisotopic (exact) mass is 276 g/mol. The lowest BCUT2D eigenvalue weighted by Crippen LogP contribution is -2.43. The maximum atomic E-state index is 12.3. The summed E-state index contributed by atoms with van der Waals surface area (Å²) in [5.41, 5.74) is 0. The van der Waals surface area contributed by atoms with Crippen LogP contribution in [0.3, 0.4) is 0 Å². The smallest absolute Gasteiger partial charge is 0.224 e. The van der Waals surface area contributed by atoms with Crippen LogP contribution in [0.25, 0.3) is 0 Å². The Bertz CT molecular complexity index is 458. The Morgan fingerprint density at radius 2 is 2.25 bits per heavy atom. The number of fused-ring (bicyclic) bond motifs is 2. The first kappa shape index (κ1) is 13.6. The molecule has 20 heavy (non-hydrogen) atoms. The Morgan fingerprint density at radius 1 is 1.40 bits per heavy atom.